The number of halogens is 1. The molecule has 1 aromatic carbocycles. The zero-order valence-electron chi connectivity index (χ0n) is 9.66. The van der Waals surface area contributed by atoms with Crippen LogP contribution in [0.15, 0.2) is 24.3 Å². The molecule has 0 atom stereocenters. The van der Waals surface area contributed by atoms with Gasteiger partial charge in [-0.1, -0.05) is 25.4 Å². The lowest BCUT2D eigenvalue weighted by Gasteiger charge is -2.38. The normalized spacial score (nSPS) is 19.9. The first kappa shape index (κ1) is 11.5. The third-order valence-electron chi connectivity index (χ3n) is 3.14. The second kappa shape index (κ2) is 4.10. The van der Waals surface area contributed by atoms with Crippen molar-refractivity contribution in [3.63, 3.8) is 0 Å². The molecule has 0 bridgehead atoms. The molecule has 1 heterocycles. The van der Waals surface area contributed by atoms with Gasteiger partial charge in [0.15, 0.2) is 0 Å². The molecule has 16 heavy (non-hydrogen) atoms. The van der Waals surface area contributed by atoms with Crippen molar-refractivity contribution >= 4 is 23.1 Å². The minimum atomic E-state index is -0.238. The molecule has 0 saturated carbocycles. The standard InChI is InChI=1S/C13H16ClNO/c1-13(2)9-15(8-7-12(13)16)11-5-3-10(14)4-6-11/h3-6H,7-9H2,1-2H3. The minimum Gasteiger partial charge on any atom is -0.370 e. The van der Waals surface area contributed by atoms with Crippen molar-refractivity contribution in [3.05, 3.63) is 29.3 Å². The molecular weight excluding hydrogens is 222 g/mol. The Labute approximate surface area is 101 Å². The van der Waals surface area contributed by atoms with Crippen LogP contribution in [-0.2, 0) is 4.79 Å². The number of piperidine rings is 1. The Balaban J connectivity index is 2.18. The summed E-state index contributed by atoms with van der Waals surface area (Å²) >= 11 is 5.86. The molecule has 1 aliphatic heterocycles. The van der Waals surface area contributed by atoms with Gasteiger partial charge in [-0.25, -0.2) is 0 Å². The van der Waals surface area contributed by atoms with E-state index in [0.29, 0.717) is 12.2 Å². The Morgan fingerprint density at radius 2 is 1.88 bits per heavy atom. The van der Waals surface area contributed by atoms with Crippen LogP contribution in [-0.4, -0.2) is 18.9 Å². The first-order valence-corrected chi connectivity index (χ1v) is 5.91. The predicted molar refractivity (Wildman–Crippen MR) is 67.1 cm³/mol. The predicted octanol–water partition coefficient (Wildman–Crippen LogP) is 3.15. The molecule has 0 aromatic heterocycles. The van der Waals surface area contributed by atoms with E-state index in [4.69, 9.17) is 11.6 Å². The summed E-state index contributed by atoms with van der Waals surface area (Å²) in [4.78, 5) is 13.9. The Kier molecular flexibility index (Phi) is 2.94. The number of carbonyl (C=O) groups is 1. The maximum absolute atomic E-state index is 11.7. The van der Waals surface area contributed by atoms with Crippen LogP contribution in [0.4, 0.5) is 5.69 Å². The second-order valence-corrected chi connectivity index (χ2v) is 5.39. The Morgan fingerprint density at radius 1 is 1.25 bits per heavy atom. The van der Waals surface area contributed by atoms with Crippen molar-refractivity contribution in [1.29, 1.82) is 0 Å². The van der Waals surface area contributed by atoms with E-state index in [9.17, 15) is 4.79 Å². The first-order chi connectivity index (χ1) is 7.49. The van der Waals surface area contributed by atoms with Crippen LogP contribution >= 0.6 is 11.6 Å². The highest BCUT2D eigenvalue weighted by Crippen LogP contribution is 2.29. The maximum atomic E-state index is 11.7. The molecule has 0 unspecified atom stereocenters. The number of Topliss-reactive ketones (excluding diaryl/α,β-unsaturated/α-hetero) is 1. The third kappa shape index (κ3) is 2.22. The molecule has 0 N–H and O–H groups in total. The van der Waals surface area contributed by atoms with E-state index in [0.717, 1.165) is 23.8 Å². The lowest BCUT2D eigenvalue weighted by Crippen LogP contribution is -2.46. The lowest BCUT2D eigenvalue weighted by molar-refractivity contribution is -0.127. The van der Waals surface area contributed by atoms with Crippen LogP contribution in [0.2, 0.25) is 5.02 Å². The topological polar surface area (TPSA) is 20.3 Å². The number of carbonyl (C=O) groups excluding carboxylic acids is 1. The van der Waals surface area contributed by atoms with Gasteiger partial charge >= 0.3 is 0 Å². The Morgan fingerprint density at radius 3 is 2.44 bits per heavy atom. The molecule has 1 aliphatic rings. The molecule has 1 fully saturated rings. The number of ketones is 1. The summed E-state index contributed by atoms with van der Waals surface area (Å²) in [6.07, 6.45) is 0.635. The summed E-state index contributed by atoms with van der Waals surface area (Å²) in [5, 5.41) is 0.746. The molecule has 1 aromatic rings. The Bertz CT molecular complexity index is 397. The maximum Gasteiger partial charge on any atom is 0.142 e. The fourth-order valence-electron chi connectivity index (χ4n) is 2.09. The van der Waals surface area contributed by atoms with Gasteiger partial charge in [-0.2, -0.15) is 0 Å². The van der Waals surface area contributed by atoms with E-state index in [-0.39, 0.29) is 5.41 Å². The highest BCUT2D eigenvalue weighted by molar-refractivity contribution is 6.30. The molecule has 0 amide bonds. The van der Waals surface area contributed by atoms with Crippen LogP contribution in [0.25, 0.3) is 0 Å². The van der Waals surface area contributed by atoms with Gasteiger partial charge in [0, 0.05) is 35.6 Å². The average molecular weight is 238 g/mol. The zero-order chi connectivity index (χ0) is 11.8. The van der Waals surface area contributed by atoms with E-state index in [1.165, 1.54) is 0 Å². The smallest absolute Gasteiger partial charge is 0.142 e. The van der Waals surface area contributed by atoms with Crippen LogP contribution in [0.5, 0.6) is 0 Å². The molecule has 0 aliphatic carbocycles. The molecule has 0 radical (unpaired) electrons. The number of hydrogen-bond donors (Lipinski definition) is 0. The van der Waals surface area contributed by atoms with Crippen molar-refractivity contribution < 1.29 is 4.79 Å². The van der Waals surface area contributed by atoms with Crippen LogP contribution in [0.1, 0.15) is 20.3 Å². The van der Waals surface area contributed by atoms with Crippen LogP contribution in [0.3, 0.4) is 0 Å². The summed E-state index contributed by atoms with van der Waals surface area (Å²) in [5.41, 5.74) is 0.905. The minimum absolute atomic E-state index is 0.238. The molecule has 2 rings (SSSR count). The van der Waals surface area contributed by atoms with Crippen molar-refractivity contribution in [2.75, 3.05) is 18.0 Å². The monoisotopic (exact) mass is 237 g/mol. The zero-order valence-corrected chi connectivity index (χ0v) is 10.4. The summed E-state index contributed by atoms with van der Waals surface area (Å²) in [5.74, 6) is 0.359. The average Bonchev–Trinajstić information content (AvgIpc) is 2.23. The number of benzene rings is 1. The molecule has 86 valence electrons. The number of anilines is 1. The summed E-state index contributed by atoms with van der Waals surface area (Å²) < 4.78 is 0. The van der Waals surface area contributed by atoms with Crippen LogP contribution in [0, 0.1) is 5.41 Å². The van der Waals surface area contributed by atoms with E-state index < -0.39 is 0 Å². The van der Waals surface area contributed by atoms with Gasteiger partial charge in [0.05, 0.1) is 0 Å². The summed E-state index contributed by atoms with van der Waals surface area (Å²) in [6.45, 7) is 5.62. The van der Waals surface area contributed by atoms with E-state index in [1.807, 2.05) is 38.1 Å². The molecule has 3 heteroatoms. The van der Waals surface area contributed by atoms with Gasteiger partial charge in [-0.05, 0) is 24.3 Å². The SMILES string of the molecule is CC1(C)CN(c2ccc(Cl)cc2)CCC1=O. The highest BCUT2D eigenvalue weighted by Gasteiger charge is 2.34. The number of rotatable bonds is 1. The fraction of sp³-hybridized carbons (Fsp3) is 0.462. The Hall–Kier alpha value is -1.02. The van der Waals surface area contributed by atoms with Gasteiger partial charge in [0.1, 0.15) is 5.78 Å². The summed E-state index contributed by atoms with van der Waals surface area (Å²) in [7, 11) is 0. The quantitative estimate of drug-likeness (QED) is 0.748. The number of nitrogens with zero attached hydrogens (tertiary/aromatic N) is 1. The van der Waals surface area contributed by atoms with Crippen LogP contribution < -0.4 is 4.90 Å². The van der Waals surface area contributed by atoms with Gasteiger partial charge in [0.2, 0.25) is 0 Å². The third-order valence-corrected chi connectivity index (χ3v) is 3.39. The molecule has 2 nitrogen and oxygen atoms in total. The fourth-order valence-corrected chi connectivity index (χ4v) is 2.22. The summed E-state index contributed by atoms with van der Waals surface area (Å²) in [6, 6.07) is 7.79. The molecule has 0 spiro atoms. The largest absolute Gasteiger partial charge is 0.370 e. The van der Waals surface area contributed by atoms with Crippen molar-refractivity contribution in [1.82, 2.24) is 0 Å². The van der Waals surface area contributed by atoms with Gasteiger partial charge in [0.25, 0.3) is 0 Å². The van der Waals surface area contributed by atoms with Gasteiger partial charge in [-0.3, -0.25) is 4.79 Å². The van der Waals surface area contributed by atoms with Gasteiger partial charge in [-0.15, -0.1) is 0 Å². The second-order valence-electron chi connectivity index (χ2n) is 4.96. The van der Waals surface area contributed by atoms with Crippen molar-refractivity contribution in [3.8, 4) is 0 Å². The van der Waals surface area contributed by atoms with E-state index in [1.54, 1.807) is 0 Å². The molecule has 1 saturated heterocycles. The van der Waals surface area contributed by atoms with E-state index in [2.05, 4.69) is 4.90 Å². The molecular formula is C13H16ClNO. The highest BCUT2D eigenvalue weighted by atomic mass is 35.5. The first-order valence-electron chi connectivity index (χ1n) is 5.53. The van der Waals surface area contributed by atoms with Crippen molar-refractivity contribution in [2.24, 2.45) is 5.41 Å². The lowest BCUT2D eigenvalue weighted by atomic mass is 9.82. The number of hydrogen-bond acceptors (Lipinski definition) is 2. The van der Waals surface area contributed by atoms with E-state index >= 15 is 0 Å². The van der Waals surface area contributed by atoms with Crippen molar-refractivity contribution in [2.45, 2.75) is 20.3 Å². The van der Waals surface area contributed by atoms with Gasteiger partial charge < -0.3 is 4.90 Å².